The van der Waals surface area contributed by atoms with Gasteiger partial charge >= 0.3 is 0 Å². The van der Waals surface area contributed by atoms with Crippen molar-refractivity contribution in [2.24, 2.45) is 5.92 Å². The van der Waals surface area contributed by atoms with Crippen molar-refractivity contribution in [2.45, 2.75) is 37.6 Å². The third-order valence-electron chi connectivity index (χ3n) is 6.62. The number of nitrogens with two attached hydrogens (primary N) is 1. The maximum atomic E-state index is 13.3. The average molecular weight is 497 g/mol. The van der Waals surface area contributed by atoms with Gasteiger partial charge in [-0.1, -0.05) is 6.92 Å². The number of aromatic nitrogens is 3. The van der Waals surface area contributed by atoms with E-state index >= 15 is 0 Å². The topological polar surface area (TPSA) is 140 Å². The maximum Gasteiger partial charge on any atom is 0.268 e. The van der Waals surface area contributed by atoms with Gasteiger partial charge in [0, 0.05) is 24.5 Å². The van der Waals surface area contributed by atoms with Crippen LogP contribution in [-0.4, -0.2) is 48.5 Å². The number of nitrogens with one attached hydrogen (secondary N) is 1. The maximum absolute atomic E-state index is 13.3. The van der Waals surface area contributed by atoms with Crippen LogP contribution in [0, 0.1) is 5.92 Å². The van der Waals surface area contributed by atoms with Crippen LogP contribution >= 0.6 is 0 Å². The molecule has 3 aromatic rings. The van der Waals surface area contributed by atoms with Gasteiger partial charge in [0.15, 0.2) is 0 Å². The lowest BCUT2D eigenvalue weighted by Crippen LogP contribution is -2.43. The van der Waals surface area contributed by atoms with E-state index in [1.165, 1.54) is 25.4 Å². The highest BCUT2D eigenvalue weighted by Gasteiger charge is 2.41. The van der Waals surface area contributed by atoms with Gasteiger partial charge in [0.25, 0.3) is 15.9 Å². The number of nitrogens with zero attached hydrogens (tertiary/aromatic N) is 4. The summed E-state index contributed by atoms with van der Waals surface area (Å²) in [6, 6.07) is 9.54. The van der Waals surface area contributed by atoms with Crippen LogP contribution in [0.5, 0.6) is 5.88 Å². The molecule has 3 aromatic heterocycles. The van der Waals surface area contributed by atoms with Crippen molar-refractivity contribution in [3.05, 3.63) is 54.4 Å². The lowest BCUT2D eigenvalue weighted by atomic mass is 9.90. The molecule has 1 saturated heterocycles. The van der Waals surface area contributed by atoms with Crippen molar-refractivity contribution in [1.29, 1.82) is 0 Å². The molecule has 1 fully saturated rings. The average Bonchev–Trinajstić information content (AvgIpc) is 3.10. The van der Waals surface area contributed by atoms with Crippen molar-refractivity contribution in [3.63, 3.8) is 0 Å². The second-order valence-electron chi connectivity index (χ2n) is 8.94. The minimum Gasteiger partial charge on any atom is -0.481 e. The van der Waals surface area contributed by atoms with E-state index in [0.717, 1.165) is 6.42 Å². The first-order valence-corrected chi connectivity index (χ1v) is 12.6. The summed E-state index contributed by atoms with van der Waals surface area (Å²) in [7, 11) is -2.73. The van der Waals surface area contributed by atoms with E-state index in [-0.39, 0.29) is 21.8 Å². The number of methoxy groups -OCH3 is 1. The van der Waals surface area contributed by atoms with Gasteiger partial charge in [-0.2, -0.15) is 0 Å². The second kappa shape index (κ2) is 9.14. The Balaban J connectivity index is 1.81. The molecular weight excluding hydrogens is 468 g/mol. The fourth-order valence-electron chi connectivity index (χ4n) is 4.20. The number of sulfonamides is 1. The summed E-state index contributed by atoms with van der Waals surface area (Å²) in [5.41, 5.74) is 6.76. The molecule has 1 aliphatic heterocycles. The zero-order chi connectivity index (χ0) is 25.4. The van der Waals surface area contributed by atoms with E-state index in [1.807, 2.05) is 11.0 Å². The number of pyridine rings is 3. The lowest BCUT2D eigenvalue weighted by molar-refractivity contribution is 0.0981. The van der Waals surface area contributed by atoms with Gasteiger partial charge in [-0.25, -0.2) is 28.1 Å². The molecule has 3 N–H and O–H groups in total. The van der Waals surface area contributed by atoms with E-state index in [9.17, 15) is 13.2 Å². The van der Waals surface area contributed by atoms with Crippen LogP contribution in [-0.2, 0) is 10.0 Å². The van der Waals surface area contributed by atoms with Gasteiger partial charge < -0.3 is 15.4 Å². The summed E-state index contributed by atoms with van der Waals surface area (Å²) in [5.74, 6) is 0.104. The highest BCUT2D eigenvalue weighted by Crippen LogP contribution is 2.40. The molecule has 0 spiro atoms. The Morgan fingerprint density at radius 2 is 1.89 bits per heavy atom. The minimum atomic E-state index is -4.25. The van der Waals surface area contributed by atoms with Crippen LogP contribution in [0.2, 0.25) is 0 Å². The van der Waals surface area contributed by atoms with Crippen molar-refractivity contribution >= 4 is 27.6 Å². The molecule has 35 heavy (non-hydrogen) atoms. The van der Waals surface area contributed by atoms with Crippen molar-refractivity contribution in [3.8, 4) is 17.1 Å². The molecular formula is C24H28N6O4S. The number of hydrogen-bond donors (Lipinski definition) is 2. The highest BCUT2D eigenvalue weighted by atomic mass is 32.2. The third-order valence-corrected chi connectivity index (χ3v) is 8.00. The third kappa shape index (κ3) is 4.51. The molecule has 4 heterocycles. The number of rotatable bonds is 6. The van der Waals surface area contributed by atoms with Crippen molar-refractivity contribution < 1.29 is 17.9 Å². The predicted molar refractivity (Wildman–Crippen MR) is 133 cm³/mol. The Morgan fingerprint density at radius 3 is 2.54 bits per heavy atom. The number of hydrogen-bond acceptors (Lipinski definition) is 9. The van der Waals surface area contributed by atoms with Gasteiger partial charge in [0.1, 0.15) is 16.5 Å². The Morgan fingerprint density at radius 1 is 1.17 bits per heavy atom. The first-order valence-electron chi connectivity index (χ1n) is 11.1. The van der Waals surface area contributed by atoms with Gasteiger partial charge in [-0.05, 0) is 62.6 Å². The monoisotopic (exact) mass is 496 g/mol. The molecule has 1 aliphatic rings. The van der Waals surface area contributed by atoms with Crippen LogP contribution in [0.15, 0.2) is 53.7 Å². The Hall–Kier alpha value is -3.73. The summed E-state index contributed by atoms with van der Waals surface area (Å²) in [6.07, 6.45) is 3.90. The zero-order valence-electron chi connectivity index (χ0n) is 20.0. The number of amides is 1. The molecule has 0 aliphatic carbocycles. The number of anilines is 2. The molecule has 1 atom stereocenters. The predicted octanol–water partition coefficient (Wildman–Crippen LogP) is 2.87. The number of ether oxygens (including phenoxy) is 1. The SMILES string of the molecule is COc1ncccc1-c1ccc(C(=O)NS(=O)(=O)c2cccnc2N)c(N2CCC(C)C2(C)C)n1. The summed E-state index contributed by atoms with van der Waals surface area (Å²) in [6.45, 7) is 6.97. The number of nitrogen functional groups attached to an aromatic ring is 1. The molecule has 10 nitrogen and oxygen atoms in total. The minimum absolute atomic E-state index is 0.129. The van der Waals surface area contributed by atoms with Crippen LogP contribution in [0.4, 0.5) is 11.6 Å². The normalized spacial score (nSPS) is 17.3. The van der Waals surface area contributed by atoms with Crippen LogP contribution in [0.3, 0.4) is 0 Å². The summed E-state index contributed by atoms with van der Waals surface area (Å²) >= 11 is 0. The standard InChI is InChI=1S/C24H28N6O4S/c1-15-11-14-30(24(15,2)3)21-17(9-10-18(28-21)16-7-5-13-27-23(16)34-4)22(31)29-35(32,33)19-8-6-12-26-20(19)25/h5-10,12-13,15H,11,14H2,1-4H3,(H2,25,26)(H,29,31). The van der Waals surface area contributed by atoms with E-state index in [1.54, 1.807) is 24.4 Å². The molecule has 0 bridgehead atoms. The summed E-state index contributed by atoms with van der Waals surface area (Å²) < 4.78 is 33.3. The first kappa shape index (κ1) is 24.4. The molecule has 4 rings (SSSR count). The van der Waals surface area contributed by atoms with E-state index in [0.29, 0.717) is 35.4 Å². The smallest absolute Gasteiger partial charge is 0.268 e. The van der Waals surface area contributed by atoms with Gasteiger partial charge in [-0.3, -0.25) is 4.79 Å². The van der Waals surface area contributed by atoms with Crippen LogP contribution in [0.1, 0.15) is 37.6 Å². The van der Waals surface area contributed by atoms with Gasteiger partial charge in [0.05, 0.1) is 23.9 Å². The quantitative estimate of drug-likeness (QED) is 0.527. The zero-order valence-corrected chi connectivity index (χ0v) is 20.8. The Bertz CT molecular complexity index is 1380. The van der Waals surface area contributed by atoms with E-state index in [4.69, 9.17) is 15.5 Å². The van der Waals surface area contributed by atoms with Crippen LogP contribution < -0.4 is 20.1 Å². The molecule has 0 aromatic carbocycles. The van der Waals surface area contributed by atoms with E-state index < -0.39 is 15.9 Å². The Labute approximate surface area is 204 Å². The van der Waals surface area contributed by atoms with Crippen molar-refractivity contribution in [1.82, 2.24) is 19.7 Å². The Kier molecular flexibility index (Phi) is 6.37. The summed E-state index contributed by atoms with van der Waals surface area (Å²) in [5, 5.41) is 0. The lowest BCUT2D eigenvalue weighted by Gasteiger charge is -2.36. The number of carbonyl (C=O) groups excluding carboxylic acids is 1. The molecule has 11 heteroatoms. The van der Waals surface area contributed by atoms with E-state index in [2.05, 4.69) is 35.5 Å². The molecule has 1 amide bonds. The molecule has 184 valence electrons. The second-order valence-corrected chi connectivity index (χ2v) is 10.6. The molecule has 0 saturated carbocycles. The van der Waals surface area contributed by atoms with Gasteiger partial charge in [0.2, 0.25) is 5.88 Å². The highest BCUT2D eigenvalue weighted by molar-refractivity contribution is 7.90. The van der Waals surface area contributed by atoms with Gasteiger partial charge in [-0.15, -0.1) is 0 Å². The van der Waals surface area contributed by atoms with Crippen molar-refractivity contribution in [2.75, 3.05) is 24.3 Å². The largest absolute Gasteiger partial charge is 0.481 e. The fourth-order valence-corrected chi connectivity index (χ4v) is 5.25. The fraction of sp³-hybridized carbons (Fsp3) is 0.333. The molecule has 0 radical (unpaired) electrons. The first-order chi connectivity index (χ1) is 16.6. The van der Waals surface area contributed by atoms with Crippen LogP contribution in [0.25, 0.3) is 11.3 Å². The number of carbonyl (C=O) groups is 1. The summed E-state index contributed by atoms with van der Waals surface area (Å²) in [4.78, 5) is 28.0. The molecule has 1 unspecified atom stereocenters.